The summed E-state index contributed by atoms with van der Waals surface area (Å²) in [5, 5.41) is 3.44. The summed E-state index contributed by atoms with van der Waals surface area (Å²) in [6.07, 6.45) is 2.31. The number of amides is 1. The molecule has 0 atom stereocenters. The average Bonchev–Trinajstić information content (AvgIpc) is 3.09. The second kappa shape index (κ2) is 7.94. The Labute approximate surface area is 149 Å². The second-order valence-corrected chi connectivity index (χ2v) is 5.96. The molecule has 0 aliphatic carbocycles. The van der Waals surface area contributed by atoms with E-state index in [1.54, 1.807) is 30.5 Å². The zero-order valence-electron chi connectivity index (χ0n) is 13.3. The Morgan fingerprint density at radius 3 is 2.56 bits per heavy atom. The van der Waals surface area contributed by atoms with Gasteiger partial charge in [-0.25, -0.2) is 9.37 Å². The van der Waals surface area contributed by atoms with Gasteiger partial charge in [0, 0.05) is 30.0 Å². The molecule has 3 rings (SSSR count). The van der Waals surface area contributed by atoms with Crippen LogP contribution in [0.2, 0.25) is 5.02 Å². The third kappa shape index (κ3) is 4.90. The third-order valence-electron chi connectivity index (χ3n) is 3.65. The molecule has 3 aromatic rings. The molecule has 1 aromatic heterocycles. The minimum absolute atomic E-state index is 0.115. The van der Waals surface area contributed by atoms with Crippen molar-refractivity contribution in [2.75, 3.05) is 0 Å². The average molecular weight is 359 g/mol. The van der Waals surface area contributed by atoms with Gasteiger partial charge in [-0.2, -0.15) is 0 Å². The lowest BCUT2D eigenvalue weighted by molar-refractivity contribution is -0.121. The van der Waals surface area contributed by atoms with Gasteiger partial charge in [-0.3, -0.25) is 4.79 Å². The molecule has 0 saturated carbocycles. The number of oxazole rings is 1. The highest BCUT2D eigenvalue weighted by atomic mass is 35.5. The number of carbonyl (C=O) groups is 1. The maximum atomic E-state index is 12.8. The first-order valence-electron chi connectivity index (χ1n) is 7.82. The zero-order chi connectivity index (χ0) is 17.6. The molecule has 0 aliphatic heterocycles. The first-order chi connectivity index (χ1) is 12.1. The van der Waals surface area contributed by atoms with Crippen molar-refractivity contribution in [3.8, 4) is 11.3 Å². The van der Waals surface area contributed by atoms with Gasteiger partial charge in [-0.15, -0.1) is 0 Å². The molecule has 1 heterocycles. The Kier molecular flexibility index (Phi) is 5.46. The van der Waals surface area contributed by atoms with E-state index in [0.29, 0.717) is 29.6 Å². The van der Waals surface area contributed by atoms with E-state index in [4.69, 9.17) is 16.0 Å². The van der Waals surface area contributed by atoms with Crippen LogP contribution in [0.4, 0.5) is 4.39 Å². The van der Waals surface area contributed by atoms with Crippen LogP contribution in [0.25, 0.3) is 11.3 Å². The number of nitrogens with zero attached hydrogens (tertiary/aromatic N) is 1. The summed E-state index contributed by atoms with van der Waals surface area (Å²) in [4.78, 5) is 16.1. The van der Waals surface area contributed by atoms with Gasteiger partial charge >= 0.3 is 0 Å². The van der Waals surface area contributed by atoms with Crippen LogP contribution in [0.1, 0.15) is 17.9 Å². The van der Waals surface area contributed by atoms with Gasteiger partial charge in [0.2, 0.25) is 5.91 Å². The summed E-state index contributed by atoms with van der Waals surface area (Å²) in [6, 6.07) is 13.3. The number of benzene rings is 2. The van der Waals surface area contributed by atoms with Crippen LogP contribution in [0, 0.1) is 5.82 Å². The lowest BCUT2D eigenvalue weighted by Crippen LogP contribution is -2.23. The van der Waals surface area contributed by atoms with E-state index in [9.17, 15) is 9.18 Å². The van der Waals surface area contributed by atoms with E-state index >= 15 is 0 Å². The molecule has 25 heavy (non-hydrogen) atoms. The molecular formula is C19H16ClFN2O2. The van der Waals surface area contributed by atoms with Crippen LogP contribution < -0.4 is 5.32 Å². The van der Waals surface area contributed by atoms with Crippen molar-refractivity contribution >= 4 is 17.5 Å². The number of rotatable bonds is 6. The normalized spacial score (nSPS) is 10.6. The highest BCUT2D eigenvalue weighted by Gasteiger charge is 2.09. The van der Waals surface area contributed by atoms with Gasteiger partial charge in [0.25, 0.3) is 0 Å². The van der Waals surface area contributed by atoms with Crippen molar-refractivity contribution in [3.63, 3.8) is 0 Å². The molecule has 2 aromatic carbocycles. The minimum atomic E-state index is -0.296. The molecule has 0 saturated heterocycles. The molecule has 0 unspecified atom stereocenters. The minimum Gasteiger partial charge on any atom is -0.441 e. The van der Waals surface area contributed by atoms with E-state index in [1.165, 1.54) is 12.1 Å². The monoisotopic (exact) mass is 358 g/mol. The van der Waals surface area contributed by atoms with E-state index in [1.807, 2.05) is 12.1 Å². The van der Waals surface area contributed by atoms with Gasteiger partial charge in [-0.05, 0) is 42.0 Å². The quantitative estimate of drug-likeness (QED) is 0.711. The predicted molar refractivity (Wildman–Crippen MR) is 93.5 cm³/mol. The highest BCUT2D eigenvalue weighted by Crippen LogP contribution is 2.22. The summed E-state index contributed by atoms with van der Waals surface area (Å²) in [7, 11) is 0. The van der Waals surface area contributed by atoms with Crippen LogP contribution in [0.15, 0.2) is 59.1 Å². The number of carbonyl (C=O) groups excluding carboxylic acids is 1. The number of aryl methyl sites for hydroxylation is 1. The Hall–Kier alpha value is -2.66. The predicted octanol–water partition coefficient (Wildman–Crippen LogP) is 4.38. The fourth-order valence-electron chi connectivity index (χ4n) is 2.29. The molecule has 6 heteroatoms. The number of hydrogen-bond acceptors (Lipinski definition) is 3. The largest absolute Gasteiger partial charge is 0.441 e. The number of halogens is 2. The van der Waals surface area contributed by atoms with Crippen LogP contribution >= 0.6 is 11.6 Å². The molecule has 0 bridgehead atoms. The van der Waals surface area contributed by atoms with Gasteiger partial charge in [-0.1, -0.05) is 23.7 Å². The van der Waals surface area contributed by atoms with Gasteiger partial charge < -0.3 is 9.73 Å². The van der Waals surface area contributed by atoms with Crippen LogP contribution in [-0.2, 0) is 17.8 Å². The molecule has 0 radical (unpaired) electrons. The van der Waals surface area contributed by atoms with Crippen LogP contribution in [-0.4, -0.2) is 10.9 Å². The molecule has 4 nitrogen and oxygen atoms in total. The third-order valence-corrected chi connectivity index (χ3v) is 3.90. The highest BCUT2D eigenvalue weighted by molar-refractivity contribution is 6.30. The standard InChI is InChI=1S/C19H16ClFN2O2/c20-15-5-3-14(4-6-15)17-12-23-19(25-17)10-9-18(24)22-11-13-1-7-16(21)8-2-13/h1-8,12H,9-11H2,(H,22,24). The van der Waals surface area contributed by atoms with E-state index in [2.05, 4.69) is 10.3 Å². The fraction of sp³-hybridized carbons (Fsp3) is 0.158. The SMILES string of the molecule is O=C(CCc1ncc(-c2ccc(Cl)cc2)o1)NCc1ccc(F)cc1. The van der Waals surface area contributed by atoms with Crippen LogP contribution in [0.3, 0.4) is 0 Å². The summed E-state index contributed by atoms with van der Waals surface area (Å²) >= 11 is 5.86. The first-order valence-corrected chi connectivity index (χ1v) is 8.20. The Morgan fingerprint density at radius 1 is 1.12 bits per heavy atom. The van der Waals surface area contributed by atoms with Gasteiger partial charge in [0.1, 0.15) is 5.82 Å². The van der Waals surface area contributed by atoms with Crippen LogP contribution in [0.5, 0.6) is 0 Å². The van der Waals surface area contributed by atoms with Crippen molar-refractivity contribution in [2.45, 2.75) is 19.4 Å². The summed E-state index contributed by atoms with van der Waals surface area (Å²) in [6.45, 7) is 0.362. The number of nitrogens with one attached hydrogen (secondary N) is 1. The first kappa shape index (κ1) is 17.2. The van der Waals surface area contributed by atoms with Gasteiger partial charge in [0.15, 0.2) is 11.7 Å². The summed E-state index contributed by atoms with van der Waals surface area (Å²) < 4.78 is 18.5. The van der Waals surface area contributed by atoms with Crippen molar-refractivity contribution in [3.05, 3.63) is 77.0 Å². The zero-order valence-corrected chi connectivity index (χ0v) is 14.1. The molecule has 1 N–H and O–H groups in total. The van der Waals surface area contributed by atoms with Crippen molar-refractivity contribution < 1.29 is 13.6 Å². The fourth-order valence-corrected chi connectivity index (χ4v) is 2.41. The molecule has 0 spiro atoms. The van der Waals surface area contributed by atoms with Crippen molar-refractivity contribution in [1.82, 2.24) is 10.3 Å². The lowest BCUT2D eigenvalue weighted by atomic mass is 10.2. The maximum absolute atomic E-state index is 12.8. The Bertz CT molecular complexity index is 845. The summed E-state index contributed by atoms with van der Waals surface area (Å²) in [5.41, 5.74) is 1.72. The molecular weight excluding hydrogens is 343 g/mol. The van der Waals surface area contributed by atoms with E-state index in [0.717, 1.165) is 11.1 Å². The topological polar surface area (TPSA) is 55.1 Å². The second-order valence-electron chi connectivity index (χ2n) is 5.53. The molecule has 0 aliphatic rings. The summed E-state index contributed by atoms with van der Waals surface area (Å²) in [5.74, 6) is 0.728. The smallest absolute Gasteiger partial charge is 0.220 e. The number of aromatic nitrogens is 1. The van der Waals surface area contributed by atoms with Crippen molar-refractivity contribution in [2.24, 2.45) is 0 Å². The van der Waals surface area contributed by atoms with E-state index in [-0.39, 0.29) is 18.1 Å². The van der Waals surface area contributed by atoms with E-state index < -0.39 is 0 Å². The van der Waals surface area contributed by atoms with Gasteiger partial charge in [0.05, 0.1) is 6.20 Å². The maximum Gasteiger partial charge on any atom is 0.220 e. The number of hydrogen-bond donors (Lipinski definition) is 1. The van der Waals surface area contributed by atoms with Crippen molar-refractivity contribution in [1.29, 1.82) is 0 Å². The molecule has 1 amide bonds. The Balaban J connectivity index is 1.49. The lowest BCUT2D eigenvalue weighted by Gasteiger charge is -2.04. The Morgan fingerprint density at radius 2 is 1.84 bits per heavy atom. The molecule has 0 fully saturated rings. The molecule has 128 valence electrons.